The van der Waals surface area contributed by atoms with Gasteiger partial charge >= 0.3 is 0 Å². The lowest BCUT2D eigenvalue weighted by atomic mass is 9.92. The lowest BCUT2D eigenvalue weighted by Crippen LogP contribution is -2.52. The number of fused-ring (bicyclic) bond motifs is 1. The van der Waals surface area contributed by atoms with Gasteiger partial charge in [-0.05, 0) is 42.3 Å². The number of halogens is 1. The molecule has 2 aromatic rings. The Labute approximate surface area is 165 Å². The molecule has 3 heterocycles. The van der Waals surface area contributed by atoms with Gasteiger partial charge in [0.2, 0.25) is 10.0 Å². The number of ether oxygens (including phenoxy) is 1. The summed E-state index contributed by atoms with van der Waals surface area (Å²) in [6.45, 7) is 3.64. The number of piperidine rings is 1. The van der Waals surface area contributed by atoms with Crippen molar-refractivity contribution in [3.8, 4) is 0 Å². The maximum absolute atomic E-state index is 13.2. The summed E-state index contributed by atoms with van der Waals surface area (Å²) in [5, 5.41) is 0. The van der Waals surface area contributed by atoms with E-state index >= 15 is 0 Å². The Morgan fingerprint density at radius 1 is 1.18 bits per heavy atom. The molecule has 0 aliphatic carbocycles. The van der Waals surface area contributed by atoms with Crippen molar-refractivity contribution in [2.45, 2.75) is 23.9 Å². The highest BCUT2D eigenvalue weighted by atomic mass is 32.2. The number of sulfonamides is 1. The number of hydrogen-bond acceptors (Lipinski definition) is 5. The first kappa shape index (κ1) is 19.4. The van der Waals surface area contributed by atoms with Gasteiger partial charge in [0.15, 0.2) is 0 Å². The highest BCUT2D eigenvalue weighted by Gasteiger charge is 2.39. The van der Waals surface area contributed by atoms with Gasteiger partial charge in [0, 0.05) is 50.5 Å². The van der Waals surface area contributed by atoms with E-state index in [1.54, 1.807) is 6.20 Å². The second-order valence-corrected chi connectivity index (χ2v) is 9.28. The van der Waals surface area contributed by atoms with Crippen molar-refractivity contribution in [1.82, 2.24) is 14.2 Å². The lowest BCUT2D eigenvalue weighted by molar-refractivity contribution is 0.0762. The SMILES string of the molecule is O=S(=O)(c1ccc(F)cc1)N1CCC2C(COCCN2Cc2cccnc2)C1. The molecule has 0 N–H and O–H groups in total. The first-order valence-electron chi connectivity index (χ1n) is 9.50. The van der Waals surface area contributed by atoms with Crippen molar-refractivity contribution in [3.63, 3.8) is 0 Å². The van der Waals surface area contributed by atoms with E-state index in [2.05, 4.69) is 16.0 Å². The Bertz CT molecular complexity index is 893. The van der Waals surface area contributed by atoms with Gasteiger partial charge < -0.3 is 4.74 Å². The maximum atomic E-state index is 13.2. The largest absolute Gasteiger partial charge is 0.380 e. The molecule has 150 valence electrons. The molecule has 4 rings (SSSR count). The van der Waals surface area contributed by atoms with E-state index in [0.29, 0.717) is 26.3 Å². The third-order valence-corrected chi connectivity index (χ3v) is 7.42. The molecule has 6 nitrogen and oxygen atoms in total. The van der Waals surface area contributed by atoms with Gasteiger partial charge in [-0.2, -0.15) is 4.31 Å². The smallest absolute Gasteiger partial charge is 0.243 e. The molecule has 2 aliphatic rings. The van der Waals surface area contributed by atoms with E-state index < -0.39 is 15.8 Å². The average Bonchev–Trinajstić information content (AvgIpc) is 2.91. The van der Waals surface area contributed by atoms with Crippen LogP contribution in [0.1, 0.15) is 12.0 Å². The number of benzene rings is 1. The van der Waals surface area contributed by atoms with Crippen LogP contribution in [0.2, 0.25) is 0 Å². The summed E-state index contributed by atoms with van der Waals surface area (Å²) < 4.78 is 46.4. The summed E-state index contributed by atoms with van der Waals surface area (Å²) in [4.78, 5) is 6.71. The van der Waals surface area contributed by atoms with Crippen LogP contribution in [0.5, 0.6) is 0 Å². The van der Waals surface area contributed by atoms with Crippen LogP contribution in [0.4, 0.5) is 4.39 Å². The molecule has 2 aliphatic heterocycles. The molecule has 0 saturated carbocycles. The summed E-state index contributed by atoms with van der Waals surface area (Å²) in [5.41, 5.74) is 1.14. The zero-order valence-corrected chi connectivity index (χ0v) is 16.4. The van der Waals surface area contributed by atoms with Crippen molar-refractivity contribution in [2.75, 3.05) is 32.8 Å². The molecule has 0 bridgehead atoms. The van der Waals surface area contributed by atoms with Crippen molar-refractivity contribution >= 4 is 10.0 Å². The van der Waals surface area contributed by atoms with Crippen LogP contribution in [0.3, 0.4) is 0 Å². The van der Waals surface area contributed by atoms with Gasteiger partial charge in [-0.25, -0.2) is 12.8 Å². The molecule has 2 atom stereocenters. The molecule has 2 unspecified atom stereocenters. The second-order valence-electron chi connectivity index (χ2n) is 7.34. The third-order valence-electron chi connectivity index (χ3n) is 5.54. The number of pyridine rings is 1. The Kier molecular flexibility index (Phi) is 5.73. The summed E-state index contributed by atoms with van der Waals surface area (Å²) in [6.07, 6.45) is 4.38. The molecule has 2 saturated heterocycles. The average molecular weight is 405 g/mol. The van der Waals surface area contributed by atoms with Crippen LogP contribution in [0.25, 0.3) is 0 Å². The normalized spacial score (nSPS) is 24.5. The van der Waals surface area contributed by atoms with E-state index in [-0.39, 0.29) is 16.9 Å². The fraction of sp³-hybridized carbons (Fsp3) is 0.450. The lowest BCUT2D eigenvalue weighted by Gasteiger charge is -2.41. The second kappa shape index (κ2) is 8.24. The summed E-state index contributed by atoms with van der Waals surface area (Å²) >= 11 is 0. The fourth-order valence-electron chi connectivity index (χ4n) is 4.11. The Balaban J connectivity index is 1.50. The van der Waals surface area contributed by atoms with E-state index in [1.165, 1.54) is 28.6 Å². The predicted octanol–water partition coefficient (Wildman–Crippen LogP) is 2.13. The standard InChI is InChI=1S/C20H24FN3O3S/c21-18-3-5-19(6-4-18)28(25,26)24-9-7-20-17(14-24)15-27-11-10-23(20)13-16-2-1-8-22-12-16/h1-6,8,12,17,20H,7,9-11,13-15H2. The number of hydrogen-bond donors (Lipinski definition) is 0. The number of rotatable bonds is 4. The molecule has 8 heteroatoms. The minimum atomic E-state index is -3.64. The molecule has 0 spiro atoms. The first-order chi connectivity index (χ1) is 13.5. The molecule has 28 heavy (non-hydrogen) atoms. The van der Waals surface area contributed by atoms with Crippen LogP contribution in [-0.2, 0) is 21.3 Å². The monoisotopic (exact) mass is 405 g/mol. The van der Waals surface area contributed by atoms with Gasteiger partial charge in [-0.1, -0.05) is 6.07 Å². The Morgan fingerprint density at radius 3 is 2.75 bits per heavy atom. The van der Waals surface area contributed by atoms with E-state index in [1.807, 2.05) is 12.3 Å². The van der Waals surface area contributed by atoms with E-state index in [4.69, 9.17) is 4.74 Å². The molecule has 2 fully saturated rings. The van der Waals surface area contributed by atoms with Gasteiger partial charge in [-0.15, -0.1) is 0 Å². The fourth-order valence-corrected chi connectivity index (χ4v) is 5.62. The van der Waals surface area contributed by atoms with Crippen molar-refractivity contribution in [2.24, 2.45) is 5.92 Å². The maximum Gasteiger partial charge on any atom is 0.243 e. The first-order valence-corrected chi connectivity index (χ1v) is 10.9. The van der Waals surface area contributed by atoms with Gasteiger partial charge in [0.25, 0.3) is 0 Å². The van der Waals surface area contributed by atoms with Crippen LogP contribution < -0.4 is 0 Å². The molecular weight excluding hydrogens is 381 g/mol. The summed E-state index contributed by atoms with van der Waals surface area (Å²) in [7, 11) is -3.64. The van der Waals surface area contributed by atoms with Crippen molar-refractivity contribution in [1.29, 1.82) is 0 Å². The van der Waals surface area contributed by atoms with Crippen LogP contribution in [0.15, 0.2) is 53.7 Å². The van der Waals surface area contributed by atoms with Crippen molar-refractivity contribution in [3.05, 3.63) is 60.2 Å². The highest BCUT2D eigenvalue weighted by molar-refractivity contribution is 7.89. The van der Waals surface area contributed by atoms with Crippen LogP contribution in [-0.4, -0.2) is 61.5 Å². The molecule has 1 aromatic carbocycles. The third kappa shape index (κ3) is 4.10. The quantitative estimate of drug-likeness (QED) is 0.780. The number of nitrogens with zero attached hydrogens (tertiary/aromatic N) is 3. The predicted molar refractivity (Wildman–Crippen MR) is 103 cm³/mol. The van der Waals surface area contributed by atoms with Crippen LogP contribution >= 0.6 is 0 Å². The van der Waals surface area contributed by atoms with Gasteiger partial charge in [0.1, 0.15) is 5.82 Å². The zero-order chi connectivity index (χ0) is 19.6. The zero-order valence-electron chi connectivity index (χ0n) is 15.6. The Hall–Kier alpha value is -1.87. The molecule has 0 amide bonds. The summed E-state index contributed by atoms with van der Waals surface area (Å²) in [6, 6.07) is 9.28. The topological polar surface area (TPSA) is 62.7 Å². The van der Waals surface area contributed by atoms with Gasteiger partial charge in [-0.3, -0.25) is 9.88 Å². The number of aromatic nitrogens is 1. The van der Waals surface area contributed by atoms with Crippen molar-refractivity contribution < 1.29 is 17.5 Å². The Morgan fingerprint density at radius 2 is 2.00 bits per heavy atom. The van der Waals surface area contributed by atoms with Crippen LogP contribution in [0, 0.1) is 11.7 Å². The minimum absolute atomic E-state index is 0.100. The van der Waals surface area contributed by atoms with E-state index in [9.17, 15) is 12.8 Å². The molecule has 1 aromatic heterocycles. The van der Waals surface area contributed by atoms with E-state index in [0.717, 1.165) is 25.1 Å². The van der Waals surface area contributed by atoms with Gasteiger partial charge in [0.05, 0.1) is 18.1 Å². The minimum Gasteiger partial charge on any atom is -0.380 e. The summed E-state index contributed by atoms with van der Waals surface area (Å²) in [5.74, 6) is -0.344. The highest BCUT2D eigenvalue weighted by Crippen LogP contribution is 2.29. The molecule has 0 radical (unpaired) electrons. The molecular formula is C20H24FN3O3S.